The first-order chi connectivity index (χ1) is 18.4. The fourth-order valence-corrected chi connectivity index (χ4v) is 5.22. The van der Waals surface area contributed by atoms with E-state index in [4.69, 9.17) is 4.74 Å². The number of fused-ring (bicyclic) bond motifs is 2. The zero-order valence-electron chi connectivity index (χ0n) is 21.9. The number of rotatable bonds is 8. The number of carboxylic acids is 1. The van der Waals surface area contributed by atoms with Crippen LogP contribution in [0.15, 0.2) is 48.8 Å². The monoisotopic (exact) mass is 517 g/mol. The highest BCUT2D eigenvalue weighted by atomic mass is 19.1. The minimum Gasteiger partial charge on any atom is -0.489 e. The Morgan fingerprint density at radius 2 is 2.08 bits per heavy atom. The second kappa shape index (κ2) is 10.9. The molecule has 0 saturated carbocycles. The summed E-state index contributed by atoms with van der Waals surface area (Å²) in [6.07, 6.45) is 4.29. The number of carboxylic acid groups (broad SMARTS) is 1. The number of aliphatic carboxylic acids is 1. The highest BCUT2D eigenvalue weighted by Gasteiger charge is 2.26. The molecule has 1 N–H and O–H groups in total. The lowest BCUT2D eigenvalue weighted by molar-refractivity contribution is -0.137. The Hall–Kier alpha value is -3.85. The summed E-state index contributed by atoms with van der Waals surface area (Å²) in [5, 5.41) is 17.8. The van der Waals surface area contributed by atoms with Gasteiger partial charge in [-0.2, -0.15) is 0 Å². The first-order valence-corrected chi connectivity index (χ1v) is 13.0. The quantitative estimate of drug-likeness (QED) is 0.349. The number of hydrogen-bond donors (Lipinski definition) is 1. The van der Waals surface area contributed by atoms with Crippen molar-refractivity contribution >= 4 is 17.0 Å². The molecule has 38 heavy (non-hydrogen) atoms. The van der Waals surface area contributed by atoms with Crippen LogP contribution in [0.4, 0.5) is 4.39 Å². The van der Waals surface area contributed by atoms with Gasteiger partial charge in [-0.3, -0.25) is 14.7 Å². The van der Waals surface area contributed by atoms with E-state index in [1.54, 1.807) is 23.0 Å². The number of halogens is 1. The van der Waals surface area contributed by atoms with Crippen molar-refractivity contribution in [2.75, 3.05) is 6.54 Å². The van der Waals surface area contributed by atoms with Gasteiger partial charge in [0.05, 0.1) is 11.9 Å². The van der Waals surface area contributed by atoms with Gasteiger partial charge in [0, 0.05) is 50.1 Å². The molecule has 0 spiro atoms. The second-order valence-corrected chi connectivity index (χ2v) is 9.88. The number of benzene rings is 2. The van der Waals surface area contributed by atoms with Gasteiger partial charge in [-0.1, -0.05) is 36.4 Å². The third kappa shape index (κ3) is 5.11. The van der Waals surface area contributed by atoms with Crippen LogP contribution in [0.1, 0.15) is 60.4 Å². The molecule has 9 heteroatoms. The van der Waals surface area contributed by atoms with Crippen LogP contribution in [0.25, 0.3) is 11.0 Å². The van der Waals surface area contributed by atoms with E-state index >= 15 is 4.39 Å². The summed E-state index contributed by atoms with van der Waals surface area (Å²) in [6, 6.07) is 11.3. The number of ether oxygens (including phenoxy) is 1. The molecule has 8 nitrogen and oxygen atoms in total. The van der Waals surface area contributed by atoms with E-state index in [-0.39, 0.29) is 18.0 Å². The maximum Gasteiger partial charge on any atom is 0.304 e. The summed E-state index contributed by atoms with van der Waals surface area (Å²) >= 11 is 0. The van der Waals surface area contributed by atoms with E-state index in [0.717, 1.165) is 41.0 Å². The zero-order valence-corrected chi connectivity index (χ0v) is 21.9. The van der Waals surface area contributed by atoms with Crippen LogP contribution in [-0.2, 0) is 24.4 Å². The third-order valence-electron chi connectivity index (χ3n) is 7.34. The fourth-order valence-electron chi connectivity index (χ4n) is 5.22. The van der Waals surface area contributed by atoms with Crippen molar-refractivity contribution in [3.8, 4) is 5.75 Å². The number of aromatic nitrogens is 4. The van der Waals surface area contributed by atoms with Gasteiger partial charge in [0.25, 0.3) is 0 Å². The Morgan fingerprint density at radius 3 is 2.84 bits per heavy atom. The van der Waals surface area contributed by atoms with Crippen molar-refractivity contribution in [1.82, 2.24) is 24.9 Å². The molecule has 5 rings (SSSR count). The molecule has 1 aliphatic rings. The number of carbonyl (C=O) groups is 1. The highest BCUT2D eigenvalue weighted by Crippen LogP contribution is 2.34. The Labute approximate surface area is 221 Å². The molecular formula is C29H32FN5O3. The van der Waals surface area contributed by atoms with Crippen LogP contribution in [0, 0.1) is 12.7 Å². The molecule has 198 valence electrons. The molecule has 0 amide bonds. The van der Waals surface area contributed by atoms with Gasteiger partial charge in [-0.05, 0) is 54.7 Å². The van der Waals surface area contributed by atoms with Crippen LogP contribution in [0.5, 0.6) is 5.75 Å². The van der Waals surface area contributed by atoms with Crippen molar-refractivity contribution in [2.45, 2.75) is 65.3 Å². The Bertz CT molecular complexity index is 1470. The average Bonchev–Trinajstić information content (AvgIpc) is 3.24. The molecule has 0 radical (unpaired) electrons. The molecule has 4 aromatic rings. The molecule has 0 fully saturated rings. The number of pyridine rings is 1. The number of nitrogens with zero attached hydrogens (tertiary/aromatic N) is 5. The molecule has 0 bridgehead atoms. The lowest BCUT2D eigenvalue weighted by Crippen LogP contribution is -2.32. The first-order valence-electron chi connectivity index (χ1n) is 13.0. The zero-order chi connectivity index (χ0) is 26.8. The predicted molar refractivity (Wildman–Crippen MR) is 141 cm³/mol. The number of hydrogen-bond acceptors (Lipinski definition) is 6. The lowest BCUT2D eigenvalue weighted by Gasteiger charge is -2.25. The summed E-state index contributed by atoms with van der Waals surface area (Å²) < 4.78 is 23.5. The van der Waals surface area contributed by atoms with Crippen LogP contribution >= 0.6 is 0 Å². The van der Waals surface area contributed by atoms with E-state index in [0.29, 0.717) is 30.7 Å². The normalized spacial score (nSPS) is 16.6. The van der Waals surface area contributed by atoms with Gasteiger partial charge in [-0.15, -0.1) is 5.10 Å². The largest absolute Gasteiger partial charge is 0.489 e. The average molecular weight is 518 g/mol. The molecule has 0 saturated heterocycles. The predicted octanol–water partition coefficient (Wildman–Crippen LogP) is 5.07. The van der Waals surface area contributed by atoms with Gasteiger partial charge in [0.15, 0.2) is 5.82 Å². The smallest absolute Gasteiger partial charge is 0.304 e. The maximum absolute atomic E-state index is 15.7. The number of aryl methyl sites for hydroxylation is 2. The van der Waals surface area contributed by atoms with E-state index < -0.39 is 17.7 Å². The van der Waals surface area contributed by atoms with Crippen molar-refractivity contribution in [1.29, 1.82) is 0 Å². The lowest BCUT2D eigenvalue weighted by atomic mass is 9.86. The molecule has 1 aliphatic heterocycles. The van der Waals surface area contributed by atoms with E-state index in [2.05, 4.69) is 27.1 Å². The van der Waals surface area contributed by atoms with Crippen LogP contribution in [-0.4, -0.2) is 48.6 Å². The van der Waals surface area contributed by atoms with Gasteiger partial charge in [-0.25, -0.2) is 9.07 Å². The topological polar surface area (TPSA) is 93.4 Å². The second-order valence-electron chi connectivity index (χ2n) is 9.88. The fraction of sp³-hybridized carbons (Fsp3) is 0.379. The van der Waals surface area contributed by atoms with Gasteiger partial charge >= 0.3 is 5.97 Å². The summed E-state index contributed by atoms with van der Waals surface area (Å²) in [6.45, 7) is 8.74. The Morgan fingerprint density at radius 1 is 1.24 bits per heavy atom. The summed E-state index contributed by atoms with van der Waals surface area (Å²) in [7, 11) is 0. The maximum atomic E-state index is 15.7. The summed E-state index contributed by atoms with van der Waals surface area (Å²) in [4.78, 5) is 18.5. The molecule has 2 aromatic carbocycles. The molecular weight excluding hydrogens is 485 g/mol. The van der Waals surface area contributed by atoms with E-state index in [1.165, 1.54) is 0 Å². The van der Waals surface area contributed by atoms with Crippen molar-refractivity contribution in [2.24, 2.45) is 0 Å². The Kier molecular flexibility index (Phi) is 7.37. The highest BCUT2D eigenvalue weighted by molar-refractivity contribution is 5.77. The Balaban J connectivity index is 1.50. The summed E-state index contributed by atoms with van der Waals surface area (Å²) in [5.74, 6) is -1.31. The first kappa shape index (κ1) is 25.8. The molecule has 0 unspecified atom stereocenters. The van der Waals surface area contributed by atoms with Crippen LogP contribution in [0.3, 0.4) is 0 Å². The van der Waals surface area contributed by atoms with E-state index in [1.807, 2.05) is 44.3 Å². The molecule has 0 aliphatic carbocycles. The molecule has 2 aromatic heterocycles. The van der Waals surface area contributed by atoms with Crippen molar-refractivity contribution < 1.29 is 19.0 Å². The summed E-state index contributed by atoms with van der Waals surface area (Å²) in [5.41, 5.74) is 5.02. The van der Waals surface area contributed by atoms with Crippen molar-refractivity contribution in [3.63, 3.8) is 0 Å². The van der Waals surface area contributed by atoms with Crippen molar-refractivity contribution in [3.05, 3.63) is 82.4 Å². The minimum absolute atomic E-state index is 0.0549. The van der Waals surface area contributed by atoms with Gasteiger partial charge < -0.3 is 9.84 Å². The van der Waals surface area contributed by atoms with Gasteiger partial charge in [0.2, 0.25) is 0 Å². The van der Waals surface area contributed by atoms with Crippen LogP contribution < -0.4 is 4.74 Å². The third-order valence-corrected chi connectivity index (χ3v) is 7.34. The minimum atomic E-state index is -0.992. The van der Waals surface area contributed by atoms with Gasteiger partial charge in [0.1, 0.15) is 17.4 Å². The van der Waals surface area contributed by atoms with E-state index in [9.17, 15) is 9.90 Å². The molecule has 3 heterocycles. The molecule has 2 atom stereocenters. The van der Waals surface area contributed by atoms with Crippen LogP contribution in [0.2, 0.25) is 0 Å². The standard InChI is InChI=1S/C29H32FN5O3/c1-4-22-17-34(16-21-14-31-11-10-26(21)38-22)15-20-12-19(7-6-18(20)3)24(13-27(36)37)23-8-9-25-29(28(23)30)32-33-35(25)5-2/h6-12,14,22,24H,4-5,13,15-17H2,1-3H3,(H,36,37)/t22-,24+/m1/s1. The SMILES string of the molecule is CC[C@@H]1CN(Cc2cc([C@H](CC(=O)O)c3ccc4c(nnn4CC)c3F)ccc2C)Cc2cnccc2O1.